The van der Waals surface area contributed by atoms with Crippen LogP contribution in [0.5, 0.6) is 0 Å². The lowest BCUT2D eigenvalue weighted by Gasteiger charge is -2.26. The largest absolute Gasteiger partial charge is 0.310 e. The second-order valence-electron chi connectivity index (χ2n) is 15.7. The highest BCUT2D eigenvalue weighted by Gasteiger charge is 2.17. The zero-order chi connectivity index (χ0) is 40.3. The Morgan fingerprint density at radius 3 is 1.49 bits per heavy atom. The fourth-order valence-corrected chi connectivity index (χ4v) is 10.5. The summed E-state index contributed by atoms with van der Waals surface area (Å²) >= 11 is 1.88. The predicted octanol–water partition coefficient (Wildman–Crippen LogP) is 16.8. The summed E-state index contributed by atoms with van der Waals surface area (Å²) in [4.78, 5) is 2.39. The van der Waals surface area contributed by atoms with Crippen molar-refractivity contribution in [2.75, 3.05) is 4.90 Å². The van der Waals surface area contributed by atoms with Crippen LogP contribution < -0.4 is 4.90 Å². The Hall–Kier alpha value is -7.72. The number of para-hydroxylation sites is 2. The lowest BCUT2D eigenvalue weighted by Crippen LogP contribution is -2.09. The summed E-state index contributed by atoms with van der Waals surface area (Å²) in [6, 6.07) is 84.1. The van der Waals surface area contributed by atoms with Crippen molar-refractivity contribution in [1.82, 2.24) is 4.57 Å². The number of nitrogens with zero attached hydrogens (tertiary/aromatic N) is 2. The van der Waals surface area contributed by atoms with E-state index in [1.807, 2.05) is 11.3 Å². The Morgan fingerprint density at radius 1 is 0.311 bits per heavy atom. The first-order chi connectivity index (χ1) is 30.2. The lowest BCUT2D eigenvalue weighted by molar-refractivity contribution is 1.18. The maximum atomic E-state index is 2.39. The highest BCUT2D eigenvalue weighted by molar-refractivity contribution is 7.26. The van der Waals surface area contributed by atoms with Crippen molar-refractivity contribution in [3.8, 4) is 39.1 Å². The van der Waals surface area contributed by atoms with E-state index in [-0.39, 0.29) is 0 Å². The summed E-state index contributed by atoms with van der Waals surface area (Å²) in [5.41, 5.74) is 14.1. The molecule has 0 aliphatic carbocycles. The quantitative estimate of drug-likeness (QED) is 0.156. The molecule has 0 bridgehead atoms. The van der Waals surface area contributed by atoms with Crippen LogP contribution >= 0.6 is 11.3 Å². The first-order valence-electron chi connectivity index (χ1n) is 20.8. The third-order valence-electron chi connectivity index (χ3n) is 12.2. The van der Waals surface area contributed by atoms with Crippen molar-refractivity contribution >= 4 is 81.1 Å². The van der Waals surface area contributed by atoms with Crippen molar-refractivity contribution in [2.24, 2.45) is 0 Å². The predicted molar refractivity (Wildman–Crippen MR) is 262 cm³/mol. The van der Waals surface area contributed by atoms with Gasteiger partial charge in [-0.25, -0.2) is 0 Å². The van der Waals surface area contributed by atoms with Gasteiger partial charge in [0.25, 0.3) is 0 Å². The Balaban J connectivity index is 0.948. The number of hydrogen-bond donors (Lipinski definition) is 0. The molecule has 12 aromatic rings. The van der Waals surface area contributed by atoms with Crippen LogP contribution in [0.2, 0.25) is 0 Å². The van der Waals surface area contributed by atoms with Crippen LogP contribution in [0.15, 0.2) is 231 Å². The van der Waals surface area contributed by atoms with E-state index in [9.17, 15) is 0 Å². The summed E-state index contributed by atoms with van der Waals surface area (Å²) in [5, 5.41) is 7.73. The van der Waals surface area contributed by atoms with Crippen molar-refractivity contribution in [3.63, 3.8) is 0 Å². The molecule has 0 radical (unpaired) electrons. The van der Waals surface area contributed by atoms with Gasteiger partial charge >= 0.3 is 0 Å². The van der Waals surface area contributed by atoms with Crippen molar-refractivity contribution in [1.29, 1.82) is 0 Å². The molecule has 0 unspecified atom stereocenters. The van der Waals surface area contributed by atoms with Gasteiger partial charge in [0.15, 0.2) is 0 Å². The third kappa shape index (κ3) is 6.09. The van der Waals surface area contributed by atoms with Gasteiger partial charge in [0.1, 0.15) is 0 Å². The van der Waals surface area contributed by atoms with Gasteiger partial charge in [-0.3, -0.25) is 0 Å². The van der Waals surface area contributed by atoms with Crippen LogP contribution in [-0.2, 0) is 0 Å². The van der Waals surface area contributed by atoms with Gasteiger partial charge in [-0.05, 0) is 111 Å². The summed E-state index contributed by atoms with van der Waals surface area (Å²) in [7, 11) is 0. The van der Waals surface area contributed by atoms with E-state index in [1.165, 1.54) is 86.1 Å². The van der Waals surface area contributed by atoms with Crippen LogP contribution in [0.3, 0.4) is 0 Å². The van der Waals surface area contributed by atoms with Gasteiger partial charge in [-0.2, -0.15) is 0 Å². The number of thiophene rings is 1. The highest BCUT2D eigenvalue weighted by Crippen LogP contribution is 2.43. The Kier molecular flexibility index (Phi) is 8.39. The number of anilines is 3. The van der Waals surface area contributed by atoms with E-state index >= 15 is 0 Å². The molecule has 0 saturated carbocycles. The number of aromatic nitrogens is 1. The molecule has 0 amide bonds. The van der Waals surface area contributed by atoms with Crippen molar-refractivity contribution in [2.45, 2.75) is 0 Å². The minimum absolute atomic E-state index is 1.10. The molecule has 0 aliphatic rings. The number of rotatable bonds is 7. The lowest BCUT2D eigenvalue weighted by atomic mass is 9.99. The van der Waals surface area contributed by atoms with Crippen LogP contribution in [-0.4, -0.2) is 4.57 Å². The molecule has 3 heteroatoms. The third-order valence-corrected chi connectivity index (χ3v) is 13.4. The first-order valence-corrected chi connectivity index (χ1v) is 21.6. The zero-order valence-corrected chi connectivity index (χ0v) is 34.1. The smallest absolute Gasteiger partial charge is 0.0541 e. The standard InChI is InChI=1S/C58H38N2S/c1-2-12-39(13-3-1)43-15-10-16-44(36-43)40-24-29-46(30-25-40)59(49-33-35-53-54-34-28-42-14-4-5-19-50(42)58(54)61-57(53)38-49)47-31-26-41(27-32-47)45-17-11-18-48(37-45)60-55-22-8-6-20-51(55)52-21-7-9-23-56(52)60/h1-38H. The molecule has 0 aliphatic heterocycles. The van der Waals surface area contributed by atoms with Gasteiger partial charge in [0.05, 0.1) is 11.0 Å². The molecule has 286 valence electrons. The first kappa shape index (κ1) is 35.2. The molecular weight excluding hydrogens is 757 g/mol. The van der Waals surface area contributed by atoms with Gasteiger partial charge in [0, 0.05) is 53.7 Å². The Labute approximate surface area is 358 Å². The summed E-state index contributed by atoms with van der Waals surface area (Å²) in [5.74, 6) is 0. The average Bonchev–Trinajstić information content (AvgIpc) is 3.88. The molecule has 0 atom stereocenters. The molecule has 0 spiro atoms. The molecule has 10 aromatic carbocycles. The molecule has 2 aromatic heterocycles. The van der Waals surface area contributed by atoms with E-state index in [0.29, 0.717) is 0 Å². The van der Waals surface area contributed by atoms with Gasteiger partial charge in [-0.1, -0.05) is 164 Å². The number of hydrogen-bond acceptors (Lipinski definition) is 2. The minimum atomic E-state index is 1.10. The van der Waals surface area contributed by atoms with E-state index in [1.54, 1.807) is 0 Å². The molecule has 2 heterocycles. The minimum Gasteiger partial charge on any atom is -0.310 e. The molecular formula is C58H38N2S. The topological polar surface area (TPSA) is 8.17 Å². The van der Waals surface area contributed by atoms with Crippen LogP contribution in [0.4, 0.5) is 17.1 Å². The number of fused-ring (bicyclic) bond motifs is 8. The SMILES string of the molecule is c1ccc(-c2cccc(-c3ccc(N(c4ccc(-c5cccc(-n6c7ccccc7c7ccccc76)c5)cc4)c4ccc5c(c4)sc4c6ccccc6ccc54)cc3)c2)cc1. The summed E-state index contributed by atoms with van der Waals surface area (Å²) < 4.78 is 5.01. The molecule has 61 heavy (non-hydrogen) atoms. The van der Waals surface area contributed by atoms with Crippen molar-refractivity contribution in [3.05, 3.63) is 231 Å². The monoisotopic (exact) mass is 794 g/mol. The van der Waals surface area contributed by atoms with E-state index in [4.69, 9.17) is 0 Å². The van der Waals surface area contributed by atoms with E-state index in [0.717, 1.165) is 22.7 Å². The highest BCUT2D eigenvalue weighted by atomic mass is 32.1. The van der Waals surface area contributed by atoms with E-state index < -0.39 is 0 Å². The van der Waals surface area contributed by atoms with Crippen molar-refractivity contribution < 1.29 is 0 Å². The van der Waals surface area contributed by atoms with E-state index in [2.05, 4.69) is 240 Å². The summed E-state index contributed by atoms with van der Waals surface area (Å²) in [6.07, 6.45) is 0. The van der Waals surface area contributed by atoms with Crippen LogP contribution in [0.25, 0.3) is 91.8 Å². The second kappa shape index (κ2) is 14.5. The van der Waals surface area contributed by atoms with Crippen LogP contribution in [0, 0.1) is 0 Å². The maximum absolute atomic E-state index is 2.39. The Morgan fingerprint density at radius 2 is 0.820 bits per heavy atom. The van der Waals surface area contributed by atoms with Gasteiger partial charge in [0.2, 0.25) is 0 Å². The second-order valence-corrected chi connectivity index (χ2v) is 16.8. The normalized spacial score (nSPS) is 11.6. The Bertz CT molecular complexity index is 3520. The van der Waals surface area contributed by atoms with Crippen LogP contribution in [0.1, 0.15) is 0 Å². The molecule has 0 fully saturated rings. The fourth-order valence-electron chi connectivity index (χ4n) is 9.22. The van der Waals surface area contributed by atoms with Gasteiger partial charge in [-0.15, -0.1) is 11.3 Å². The fraction of sp³-hybridized carbons (Fsp3) is 0. The zero-order valence-electron chi connectivity index (χ0n) is 33.2. The molecule has 12 rings (SSSR count). The number of benzene rings is 10. The molecule has 2 nitrogen and oxygen atoms in total. The maximum Gasteiger partial charge on any atom is 0.0541 e. The van der Waals surface area contributed by atoms with Gasteiger partial charge < -0.3 is 9.47 Å². The molecule has 0 N–H and O–H groups in total. The average molecular weight is 795 g/mol. The molecule has 0 saturated heterocycles. The summed E-state index contributed by atoms with van der Waals surface area (Å²) in [6.45, 7) is 0.